The minimum Gasteiger partial charge on any atom is -0.457 e. The minimum absolute atomic E-state index is 0.409. The van der Waals surface area contributed by atoms with Crippen LogP contribution in [0, 0.1) is 12.3 Å². The number of allylic oxidation sites excluding steroid dienone is 1. The van der Waals surface area contributed by atoms with Crippen LogP contribution in [-0.2, 0) is 7.05 Å². The molecule has 3 aromatic heterocycles. The SMILES string of the molecule is CN/C(C)=C(\C=N)CNc1ncc2ncnc(Nc3ccc(Oc4ccc5c(c4)ncn5C)c(C)c3)c2n1. The predicted octanol–water partition coefficient (Wildman–Crippen LogP) is 4.71. The van der Waals surface area contributed by atoms with Crippen LogP contribution in [0.5, 0.6) is 11.5 Å². The van der Waals surface area contributed by atoms with Crippen molar-refractivity contribution >= 4 is 45.7 Å². The number of aryl methyl sites for hydroxylation is 2. The quantitative estimate of drug-likeness (QED) is 0.209. The van der Waals surface area contributed by atoms with Crippen LogP contribution in [-0.4, -0.2) is 49.3 Å². The lowest BCUT2D eigenvalue weighted by molar-refractivity contribution is 0.479. The highest BCUT2D eigenvalue weighted by Crippen LogP contribution is 2.30. The number of nitrogens with zero attached hydrogens (tertiary/aromatic N) is 6. The van der Waals surface area contributed by atoms with Crippen molar-refractivity contribution in [2.75, 3.05) is 24.2 Å². The summed E-state index contributed by atoms with van der Waals surface area (Å²) >= 11 is 0. The number of benzene rings is 2. The Balaban J connectivity index is 1.35. The van der Waals surface area contributed by atoms with E-state index in [0.29, 0.717) is 29.3 Å². The Labute approximate surface area is 219 Å². The number of ether oxygens (including phenoxy) is 1. The monoisotopic (exact) mass is 508 g/mol. The normalized spacial score (nSPS) is 11.8. The molecule has 5 aromatic rings. The maximum Gasteiger partial charge on any atom is 0.223 e. The Hall–Kier alpha value is -5.06. The van der Waals surface area contributed by atoms with Gasteiger partial charge in [0.25, 0.3) is 0 Å². The van der Waals surface area contributed by atoms with Crippen molar-refractivity contribution < 1.29 is 4.74 Å². The summed E-state index contributed by atoms with van der Waals surface area (Å²) in [4.78, 5) is 22.1. The van der Waals surface area contributed by atoms with Crippen LogP contribution in [0.4, 0.5) is 17.5 Å². The van der Waals surface area contributed by atoms with E-state index >= 15 is 0 Å². The highest BCUT2D eigenvalue weighted by molar-refractivity contribution is 5.87. The number of rotatable bonds is 9. The van der Waals surface area contributed by atoms with Gasteiger partial charge in [-0.05, 0) is 49.7 Å². The third-order valence-electron chi connectivity index (χ3n) is 6.21. The van der Waals surface area contributed by atoms with Crippen LogP contribution in [0.2, 0.25) is 0 Å². The van der Waals surface area contributed by atoms with Crippen molar-refractivity contribution in [2.24, 2.45) is 7.05 Å². The highest BCUT2D eigenvalue weighted by Gasteiger charge is 2.11. The molecular weight excluding hydrogens is 480 g/mol. The number of aromatic nitrogens is 6. The van der Waals surface area contributed by atoms with E-state index in [9.17, 15) is 0 Å². The lowest BCUT2D eigenvalue weighted by Gasteiger charge is -2.13. The Kier molecular flexibility index (Phi) is 6.81. The van der Waals surface area contributed by atoms with Crippen molar-refractivity contribution in [3.05, 3.63) is 72.1 Å². The largest absolute Gasteiger partial charge is 0.457 e. The third kappa shape index (κ3) is 5.07. The van der Waals surface area contributed by atoms with Gasteiger partial charge in [0.05, 0.1) is 23.6 Å². The van der Waals surface area contributed by atoms with Gasteiger partial charge in [-0.3, -0.25) is 0 Å². The molecule has 0 amide bonds. The molecule has 0 saturated heterocycles. The van der Waals surface area contributed by atoms with Gasteiger partial charge in [-0.25, -0.2) is 24.9 Å². The predicted molar refractivity (Wildman–Crippen MR) is 149 cm³/mol. The zero-order valence-corrected chi connectivity index (χ0v) is 21.6. The van der Waals surface area contributed by atoms with Crippen molar-refractivity contribution in [3.63, 3.8) is 0 Å². The van der Waals surface area contributed by atoms with Crippen LogP contribution in [0.15, 0.2) is 66.5 Å². The molecule has 0 aliphatic heterocycles. The van der Waals surface area contributed by atoms with Gasteiger partial charge in [-0.2, -0.15) is 0 Å². The first-order valence-electron chi connectivity index (χ1n) is 12.0. The lowest BCUT2D eigenvalue weighted by Crippen LogP contribution is -2.15. The molecule has 0 spiro atoms. The molecule has 0 saturated carbocycles. The van der Waals surface area contributed by atoms with Gasteiger partial charge in [0.15, 0.2) is 5.82 Å². The van der Waals surface area contributed by atoms with Gasteiger partial charge in [0.1, 0.15) is 28.9 Å². The maximum absolute atomic E-state index is 7.63. The van der Waals surface area contributed by atoms with Crippen molar-refractivity contribution in [1.29, 1.82) is 5.41 Å². The fourth-order valence-corrected chi connectivity index (χ4v) is 3.94. The lowest BCUT2D eigenvalue weighted by atomic mass is 10.2. The minimum atomic E-state index is 0.409. The van der Waals surface area contributed by atoms with Crippen LogP contribution >= 0.6 is 0 Å². The molecule has 192 valence electrons. The number of hydrogen-bond donors (Lipinski definition) is 4. The van der Waals surface area contributed by atoms with Crippen molar-refractivity contribution in [1.82, 2.24) is 34.8 Å². The number of hydrogen-bond acceptors (Lipinski definition) is 10. The average Bonchev–Trinajstić information content (AvgIpc) is 3.30. The highest BCUT2D eigenvalue weighted by atomic mass is 16.5. The van der Waals surface area contributed by atoms with Crippen molar-refractivity contribution in [2.45, 2.75) is 13.8 Å². The summed E-state index contributed by atoms with van der Waals surface area (Å²) in [6.45, 7) is 4.31. The molecule has 3 heterocycles. The molecule has 0 radical (unpaired) electrons. The molecule has 4 N–H and O–H groups in total. The van der Waals surface area contributed by atoms with Gasteiger partial charge in [0, 0.05) is 49.9 Å². The van der Waals surface area contributed by atoms with Gasteiger partial charge in [-0.15, -0.1) is 0 Å². The summed E-state index contributed by atoms with van der Waals surface area (Å²) in [5.74, 6) is 2.45. The summed E-state index contributed by atoms with van der Waals surface area (Å²) in [7, 11) is 3.79. The van der Waals surface area contributed by atoms with Gasteiger partial charge >= 0.3 is 0 Å². The van der Waals surface area contributed by atoms with Crippen LogP contribution in [0.25, 0.3) is 22.1 Å². The van der Waals surface area contributed by atoms with E-state index in [-0.39, 0.29) is 0 Å². The standard InChI is InChI=1S/C27H28N10O/c1-16-9-19(5-8-24(16)38-20-6-7-23-21(10-20)34-15-37(23)4)35-26-25-22(32-14-33-26)13-31-27(36-25)30-12-18(11-28)17(2)29-3/h5-11,13-15,28-29H,12H2,1-4H3,(H,30,31,36)(H,32,33,35)/b18-17+,28-11?. The average molecular weight is 509 g/mol. The number of imidazole rings is 1. The molecule has 38 heavy (non-hydrogen) atoms. The molecule has 5 rings (SSSR count). The van der Waals surface area contributed by atoms with E-state index in [2.05, 4.69) is 40.9 Å². The zero-order chi connectivity index (χ0) is 26.6. The Bertz CT molecular complexity index is 1670. The first-order valence-corrected chi connectivity index (χ1v) is 12.0. The summed E-state index contributed by atoms with van der Waals surface area (Å²) in [6, 6.07) is 11.7. The van der Waals surface area contributed by atoms with Crippen LogP contribution in [0.3, 0.4) is 0 Å². The third-order valence-corrected chi connectivity index (χ3v) is 6.21. The van der Waals surface area contributed by atoms with E-state index in [1.165, 1.54) is 12.5 Å². The molecule has 11 heteroatoms. The van der Waals surface area contributed by atoms with Gasteiger partial charge in [0.2, 0.25) is 5.95 Å². The number of fused-ring (bicyclic) bond motifs is 2. The fraction of sp³-hybridized carbons (Fsp3) is 0.185. The van der Waals surface area contributed by atoms with E-state index in [4.69, 9.17) is 10.1 Å². The molecule has 0 aliphatic carbocycles. The van der Waals surface area contributed by atoms with Crippen LogP contribution in [0.1, 0.15) is 12.5 Å². The maximum atomic E-state index is 7.63. The molecular formula is C27H28N10O. The zero-order valence-electron chi connectivity index (χ0n) is 21.6. The number of anilines is 3. The topological polar surface area (TPSA) is 139 Å². The molecule has 2 aromatic carbocycles. The summed E-state index contributed by atoms with van der Waals surface area (Å²) in [5, 5.41) is 17.2. The molecule has 0 aliphatic rings. The van der Waals surface area contributed by atoms with Gasteiger partial charge in [-0.1, -0.05) is 0 Å². The van der Waals surface area contributed by atoms with E-state index in [0.717, 1.165) is 45.1 Å². The molecule has 11 nitrogen and oxygen atoms in total. The summed E-state index contributed by atoms with van der Waals surface area (Å²) < 4.78 is 8.12. The summed E-state index contributed by atoms with van der Waals surface area (Å²) in [6.07, 6.45) is 6.22. The summed E-state index contributed by atoms with van der Waals surface area (Å²) in [5.41, 5.74) is 6.62. The van der Waals surface area contributed by atoms with Gasteiger partial charge < -0.3 is 30.7 Å². The number of nitrogens with one attached hydrogen (secondary N) is 4. The van der Waals surface area contributed by atoms with E-state index in [1.807, 2.05) is 68.9 Å². The van der Waals surface area contributed by atoms with Crippen LogP contribution < -0.4 is 20.7 Å². The Morgan fingerprint density at radius 2 is 1.95 bits per heavy atom. The second-order valence-electron chi connectivity index (χ2n) is 8.76. The first-order chi connectivity index (χ1) is 18.4. The molecule has 0 fully saturated rings. The first kappa shape index (κ1) is 24.6. The Morgan fingerprint density at radius 3 is 2.74 bits per heavy atom. The second kappa shape index (κ2) is 10.5. The second-order valence-corrected chi connectivity index (χ2v) is 8.76. The molecule has 0 unspecified atom stereocenters. The molecule has 0 bridgehead atoms. The smallest absolute Gasteiger partial charge is 0.223 e. The van der Waals surface area contributed by atoms with Crippen molar-refractivity contribution in [3.8, 4) is 11.5 Å². The van der Waals surface area contributed by atoms with E-state index in [1.54, 1.807) is 12.5 Å². The van der Waals surface area contributed by atoms with E-state index < -0.39 is 0 Å². The fourth-order valence-electron chi connectivity index (χ4n) is 3.94. The molecule has 0 atom stereocenters. The Morgan fingerprint density at radius 1 is 1.08 bits per heavy atom.